The summed E-state index contributed by atoms with van der Waals surface area (Å²) in [6.07, 6.45) is 2.33. The van der Waals surface area contributed by atoms with Crippen LogP contribution < -0.4 is 9.61 Å². The van der Waals surface area contributed by atoms with Crippen molar-refractivity contribution in [1.82, 2.24) is 4.98 Å². The van der Waals surface area contributed by atoms with E-state index in [4.69, 9.17) is 15.2 Å². The second kappa shape index (κ2) is 7.07. The molecule has 2 atom stereocenters. The van der Waals surface area contributed by atoms with Gasteiger partial charge < -0.3 is 13.4 Å². The molecular weight excluding hydrogens is 406 g/mol. The van der Waals surface area contributed by atoms with Gasteiger partial charge in [-0.25, -0.2) is 16.5 Å². The van der Waals surface area contributed by atoms with Crippen LogP contribution in [0.15, 0.2) is 50.7 Å². The number of aryl methyl sites for hydroxylation is 1. The number of aliphatic imine (C=N–C) groups is 1. The van der Waals surface area contributed by atoms with Crippen LogP contribution in [-0.4, -0.2) is 31.4 Å². The standard InChI is InChI=1S/C21H17N3O5S/c1-11-10-16(25)13-6-5-7-14(20(13)28-11)17-18-15(24-12(2)19(17)22-3)8-9-23-21(18)29-30(4,26)27/h5-10,17,19H,1-2,4H3. The molecule has 0 N–H and O–H groups in total. The van der Waals surface area contributed by atoms with Crippen LogP contribution in [0.5, 0.6) is 5.88 Å². The lowest BCUT2D eigenvalue weighted by molar-refractivity contribution is 0.476. The SMILES string of the molecule is [C-]#[N+]C1C(C)=Nc2ccnc(OS(C)(=O)=O)c2C1c1cccc2c(=O)cc(C)oc12. The highest BCUT2D eigenvalue weighted by Gasteiger charge is 2.42. The van der Waals surface area contributed by atoms with E-state index < -0.39 is 22.1 Å². The van der Waals surface area contributed by atoms with Crippen molar-refractivity contribution in [3.05, 3.63) is 75.1 Å². The van der Waals surface area contributed by atoms with Crippen molar-refractivity contribution < 1.29 is 17.0 Å². The largest absolute Gasteiger partial charge is 0.461 e. The first-order chi connectivity index (χ1) is 14.2. The molecule has 0 fully saturated rings. The van der Waals surface area contributed by atoms with Crippen LogP contribution in [0.25, 0.3) is 15.8 Å². The van der Waals surface area contributed by atoms with Gasteiger partial charge in [-0.1, -0.05) is 12.1 Å². The van der Waals surface area contributed by atoms with Crippen molar-refractivity contribution in [1.29, 1.82) is 0 Å². The number of fused-ring (bicyclic) bond motifs is 2. The van der Waals surface area contributed by atoms with Gasteiger partial charge in [-0.2, -0.15) is 8.42 Å². The van der Waals surface area contributed by atoms with E-state index in [-0.39, 0.29) is 11.3 Å². The average molecular weight is 423 g/mol. The Morgan fingerprint density at radius 3 is 2.70 bits per heavy atom. The van der Waals surface area contributed by atoms with E-state index in [9.17, 15) is 13.2 Å². The van der Waals surface area contributed by atoms with E-state index in [0.717, 1.165) is 6.26 Å². The summed E-state index contributed by atoms with van der Waals surface area (Å²) in [5.74, 6) is -0.398. The van der Waals surface area contributed by atoms with Crippen LogP contribution in [0.4, 0.5) is 5.69 Å². The van der Waals surface area contributed by atoms with Gasteiger partial charge in [-0.15, -0.1) is 0 Å². The molecule has 9 heteroatoms. The van der Waals surface area contributed by atoms with Gasteiger partial charge in [-0.3, -0.25) is 4.79 Å². The van der Waals surface area contributed by atoms with Crippen LogP contribution in [0.1, 0.15) is 29.7 Å². The molecule has 30 heavy (non-hydrogen) atoms. The number of aromatic nitrogens is 1. The van der Waals surface area contributed by atoms with Crippen LogP contribution in [0.2, 0.25) is 0 Å². The average Bonchev–Trinajstić information content (AvgIpc) is 2.65. The van der Waals surface area contributed by atoms with Crippen LogP contribution in [0.3, 0.4) is 0 Å². The maximum atomic E-state index is 12.5. The Balaban J connectivity index is 2.09. The van der Waals surface area contributed by atoms with E-state index in [2.05, 4.69) is 14.8 Å². The molecule has 0 spiro atoms. The summed E-state index contributed by atoms with van der Waals surface area (Å²) in [7, 11) is -3.87. The summed E-state index contributed by atoms with van der Waals surface area (Å²) in [5.41, 5.74) is 2.09. The van der Waals surface area contributed by atoms with Crippen molar-refractivity contribution in [3.8, 4) is 5.88 Å². The molecule has 0 saturated carbocycles. The van der Waals surface area contributed by atoms with Crippen LogP contribution in [0, 0.1) is 13.5 Å². The van der Waals surface area contributed by atoms with Crippen LogP contribution in [-0.2, 0) is 10.1 Å². The zero-order valence-corrected chi connectivity index (χ0v) is 17.2. The molecular formula is C21H17N3O5S. The topological polar surface area (TPSA) is 103 Å². The van der Waals surface area contributed by atoms with Gasteiger partial charge in [0.05, 0.1) is 28.6 Å². The highest BCUT2D eigenvalue weighted by atomic mass is 32.2. The summed E-state index contributed by atoms with van der Waals surface area (Å²) in [4.78, 5) is 24.8. The number of nitrogens with zero attached hydrogens (tertiary/aromatic N) is 3. The highest BCUT2D eigenvalue weighted by Crippen LogP contribution is 2.46. The van der Waals surface area contributed by atoms with E-state index in [1.54, 1.807) is 38.1 Å². The third kappa shape index (κ3) is 3.35. The second-order valence-corrected chi connectivity index (χ2v) is 8.66. The molecule has 1 aliphatic rings. The molecule has 0 aliphatic carbocycles. The summed E-state index contributed by atoms with van der Waals surface area (Å²) in [5, 5.41) is 0.373. The van der Waals surface area contributed by atoms with E-state index in [0.29, 0.717) is 39.3 Å². The van der Waals surface area contributed by atoms with Crippen LogP contribution >= 0.6 is 0 Å². The van der Waals surface area contributed by atoms with Gasteiger partial charge in [0.2, 0.25) is 5.88 Å². The Bertz CT molecular complexity index is 1420. The Morgan fingerprint density at radius 1 is 1.23 bits per heavy atom. The fraction of sp³-hybridized carbons (Fsp3) is 0.238. The molecule has 0 saturated heterocycles. The van der Waals surface area contributed by atoms with Gasteiger partial charge >= 0.3 is 10.1 Å². The zero-order chi connectivity index (χ0) is 21.6. The van der Waals surface area contributed by atoms with Crippen molar-refractivity contribution in [2.75, 3.05) is 6.26 Å². The first-order valence-electron chi connectivity index (χ1n) is 9.03. The first kappa shape index (κ1) is 19.8. The van der Waals surface area contributed by atoms with E-state index in [1.165, 1.54) is 12.3 Å². The molecule has 1 aromatic carbocycles. The molecule has 1 aliphatic heterocycles. The molecule has 0 radical (unpaired) electrons. The predicted molar refractivity (Wildman–Crippen MR) is 112 cm³/mol. The smallest absolute Gasteiger partial charge is 0.307 e. The maximum absolute atomic E-state index is 12.5. The number of para-hydroxylation sites is 1. The lowest BCUT2D eigenvalue weighted by atomic mass is 9.80. The minimum atomic E-state index is -3.87. The van der Waals surface area contributed by atoms with Crippen molar-refractivity contribution in [3.63, 3.8) is 0 Å². The molecule has 0 amide bonds. The molecule has 0 bridgehead atoms. The Labute approximate surface area is 172 Å². The molecule has 4 rings (SSSR count). The van der Waals surface area contributed by atoms with E-state index in [1.807, 2.05) is 0 Å². The third-order valence-electron chi connectivity index (χ3n) is 4.89. The monoisotopic (exact) mass is 423 g/mol. The second-order valence-electron chi connectivity index (χ2n) is 7.09. The van der Waals surface area contributed by atoms with Gasteiger partial charge in [0, 0.05) is 17.8 Å². The Hall–Kier alpha value is -3.51. The molecule has 8 nitrogen and oxygen atoms in total. The van der Waals surface area contributed by atoms with Gasteiger partial charge in [-0.05, 0) is 26.0 Å². The van der Waals surface area contributed by atoms with Gasteiger partial charge in [0.15, 0.2) is 5.43 Å². The molecule has 3 aromatic rings. The first-order valence-corrected chi connectivity index (χ1v) is 10.8. The zero-order valence-electron chi connectivity index (χ0n) is 16.4. The van der Waals surface area contributed by atoms with Crippen molar-refractivity contribution in [2.24, 2.45) is 4.99 Å². The maximum Gasteiger partial charge on any atom is 0.307 e. The van der Waals surface area contributed by atoms with Crippen molar-refractivity contribution in [2.45, 2.75) is 25.8 Å². The van der Waals surface area contributed by atoms with E-state index >= 15 is 0 Å². The number of rotatable bonds is 3. The fourth-order valence-corrected chi connectivity index (χ4v) is 4.17. The molecule has 2 aromatic heterocycles. The molecule has 2 unspecified atom stereocenters. The molecule has 3 heterocycles. The number of pyridine rings is 1. The lowest BCUT2D eigenvalue weighted by Gasteiger charge is -2.26. The lowest BCUT2D eigenvalue weighted by Crippen LogP contribution is -2.28. The Kier molecular flexibility index (Phi) is 4.67. The quantitative estimate of drug-likeness (QED) is 0.473. The number of hydrogen-bond donors (Lipinski definition) is 0. The number of benzene rings is 1. The summed E-state index contributed by atoms with van der Waals surface area (Å²) in [6, 6.07) is 7.40. The third-order valence-corrected chi connectivity index (χ3v) is 5.36. The minimum Gasteiger partial charge on any atom is -0.461 e. The summed E-state index contributed by atoms with van der Waals surface area (Å²) >= 11 is 0. The number of hydrogen-bond acceptors (Lipinski definition) is 7. The Morgan fingerprint density at radius 2 is 2.00 bits per heavy atom. The summed E-state index contributed by atoms with van der Waals surface area (Å²) in [6.45, 7) is 11.2. The van der Waals surface area contributed by atoms with Gasteiger partial charge in [0.1, 0.15) is 17.3 Å². The minimum absolute atomic E-state index is 0.142. The fourth-order valence-electron chi connectivity index (χ4n) is 3.75. The highest BCUT2D eigenvalue weighted by molar-refractivity contribution is 7.86. The summed E-state index contributed by atoms with van der Waals surface area (Å²) < 4.78 is 34.7. The van der Waals surface area contributed by atoms with Gasteiger partial charge in [0.25, 0.3) is 6.04 Å². The molecule has 152 valence electrons. The predicted octanol–water partition coefficient (Wildman–Crippen LogP) is 3.36. The normalized spacial score (nSPS) is 18.4. The van der Waals surface area contributed by atoms with Crippen molar-refractivity contribution >= 4 is 32.5 Å².